The molecule has 11 nitrogen and oxygen atoms in total. The molecule has 0 rings (SSSR count). The zero-order valence-corrected chi connectivity index (χ0v) is 15.1. The van der Waals surface area contributed by atoms with Gasteiger partial charge in [-0.05, 0) is 0 Å². The molecule has 0 aromatic carbocycles. The number of carbonyl (C=O) groups excluding carboxylic acids is 2. The number of carboxylic acids is 1. The number of hydrogen-bond acceptors (Lipinski definition) is 8. The van der Waals surface area contributed by atoms with Crippen LogP contribution in [0.2, 0.25) is 0 Å². The first-order valence-corrected chi connectivity index (χ1v) is 4.40. The van der Waals surface area contributed by atoms with Crippen LogP contribution in [-0.4, -0.2) is 56.2 Å². The number of aliphatic carboxylic acids is 1. The Labute approximate surface area is 163 Å². The van der Waals surface area contributed by atoms with Crippen LogP contribution in [-0.2, 0) is 23.9 Å². The van der Waals surface area contributed by atoms with Gasteiger partial charge in [0.05, 0.1) is 12.8 Å². The van der Waals surface area contributed by atoms with Gasteiger partial charge in [-0.2, -0.15) is 0 Å². The van der Waals surface area contributed by atoms with Crippen molar-refractivity contribution in [1.82, 2.24) is 0 Å². The van der Waals surface area contributed by atoms with E-state index in [0.717, 1.165) is 0 Å². The molecular weight excluding hydrogens is 318 g/mol. The Morgan fingerprint density at radius 3 is 1.29 bits per heavy atom. The number of hydrogen-bond donors (Lipinski definition) is 4. The molecule has 4 N–H and O–H groups in total. The number of aliphatic hydroxyl groups is 1. The second-order valence-corrected chi connectivity index (χ2v) is 3.17. The molecule has 0 saturated carbocycles. The van der Waals surface area contributed by atoms with Crippen molar-refractivity contribution in [2.45, 2.75) is 18.4 Å². The van der Waals surface area contributed by atoms with Crippen molar-refractivity contribution >= 4 is 30.2 Å². The van der Waals surface area contributed by atoms with E-state index in [4.69, 9.17) is 15.3 Å². The van der Waals surface area contributed by atoms with Gasteiger partial charge in [0.15, 0.2) is 5.60 Å². The largest absolute Gasteiger partial charge is 1.00 e. The van der Waals surface area contributed by atoms with Gasteiger partial charge in [-0.1, -0.05) is 0 Å². The van der Waals surface area contributed by atoms with E-state index in [2.05, 4.69) is 9.47 Å². The van der Waals surface area contributed by atoms with Gasteiger partial charge in [0.1, 0.15) is 0 Å². The SMILES string of the molecule is O=C(O)OC(=O)CC(O)(CC(=O)OC(=O)O)C(=O)O.[H-].[H-].[Na+].[Na+]. The van der Waals surface area contributed by atoms with Crippen LogP contribution in [0.4, 0.5) is 9.59 Å². The molecule has 0 spiro atoms. The number of carboxylic acid groups (broad SMARTS) is 3. The minimum Gasteiger partial charge on any atom is -1.00 e. The standard InChI is InChI=1S/C8H8O11.2Na.2H/c9-3(18-6(13)14)1-8(17,5(11)12)2-4(10)19-7(15)16;;;;/h17H,1-2H2,(H,11,12)(H,13,14)(H,15,16);;;;/q;2*+1;2*-1. The Kier molecular flexibility index (Phi) is 13.2. The predicted octanol–water partition coefficient (Wildman–Crippen LogP) is -6.74. The number of carbonyl (C=O) groups is 5. The molecule has 21 heavy (non-hydrogen) atoms. The maximum absolute atomic E-state index is 10.9. The summed E-state index contributed by atoms with van der Waals surface area (Å²) in [6.45, 7) is 0. The Balaban J connectivity index is -0.000000270. The predicted molar refractivity (Wildman–Crippen MR) is 52.3 cm³/mol. The number of esters is 2. The van der Waals surface area contributed by atoms with E-state index in [1.807, 2.05) is 0 Å². The molecule has 0 bridgehead atoms. The van der Waals surface area contributed by atoms with Gasteiger partial charge in [0, 0.05) is 0 Å². The molecule has 0 amide bonds. The van der Waals surface area contributed by atoms with Gasteiger partial charge in [0.2, 0.25) is 0 Å². The Morgan fingerprint density at radius 1 is 0.810 bits per heavy atom. The third kappa shape index (κ3) is 10.6. The van der Waals surface area contributed by atoms with Gasteiger partial charge in [-0.15, -0.1) is 0 Å². The quantitative estimate of drug-likeness (QED) is 0.213. The first-order valence-electron chi connectivity index (χ1n) is 4.40. The summed E-state index contributed by atoms with van der Waals surface area (Å²) in [7, 11) is 0. The summed E-state index contributed by atoms with van der Waals surface area (Å²) in [5.41, 5.74) is -3.04. The van der Waals surface area contributed by atoms with Crippen LogP contribution < -0.4 is 59.1 Å². The average Bonchev–Trinajstić information content (AvgIpc) is 2.12. The van der Waals surface area contributed by atoms with E-state index < -0.39 is 48.7 Å². The molecule has 0 heterocycles. The zero-order valence-electron chi connectivity index (χ0n) is 13.1. The second kappa shape index (κ2) is 11.0. The molecule has 0 fully saturated rings. The molecule has 0 saturated heterocycles. The number of rotatable bonds is 5. The van der Waals surface area contributed by atoms with Crippen LogP contribution in [0.3, 0.4) is 0 Å². The van der Waals surface area contributed by atoms with E-state index in [0.29, 0.717) is 0 Å². The van der Waals surface area contributed by atoms with Gasteiger partial charge >= 0.3 is 89.3 Å². The molecule has 0 atom stereocenters. The van der Waals surface area contributed by atoms with Gasteiger partial charge in [-0.25, -0.2) is 14.4 Å². The summed E-state index contributed by atoms with van der Waals surface area (Å²) in [5, 5.41) is 34.3. The summed E-state index contributed by atoms with van der Waals surface area (Å²) in [6.07, 6.45) is -6.84. The Hall–Kier alpha value is -0.690. The minimum absolute atomic E-state index is 0. The molecule has 0 aromatic heterocycles. The van der Waals surface area contributed by atoms with Crippen LogP contribution in [0.25, 0.3) is 0 Å². The van der Waals surface area contributed by atoms with E-state index in [9.17, 15) is 29.1 Å². The van der Waals surface area contributed by atoms with Crippen molar-refractivity contribution < 1.29 is 116 Å². The molecule has 0 aliphatic rings. The van der Waals surface area contributed by atoms with Crippen molar-refractivity contribution in [1.29, 1.82) is 0 Å². The van der Waals surface area contributed by atoms with Crippen LogP contribution >= 0.6 is 0 Å². The van der Waals surface area contributed by atoms with E-state index in [1.165, 1.54) is 0 Å². The van der Waals surface area contributed by atoms with E-state index in [1.54, 1.807) is 0 Å². The Morgan fingerprint density at radius 2 is 1.10 bits per heavy atom. The van der Waals surface area contributed by atoms with Crippen LogP contribution in [0.15, 0.2) is 0 Å². The maximum atomic E-state index is 10.9. The molecule has 0 aliphatic heterocycles. The van der Waals surface area contributed by atoms with Crippen molar-refractivity contribution in [3.8, 4) is 0 Å². The van der Waals surface area contributed by atoms with Crippen LogP contribution in [0.5, 0.6) is 0 Å². The van der Waals surface area contributed by atoms with Crippen molar-refractivity contribution in [3.05, 3.63) is 0 Å². The van der Waals surface area contributed by atoms with E-state index in [-0.39, 0.29) is 62.0 Å². The fraction of sp³-hybridized carbons (Fsp3) is 0.375. The van der Waals surface area contributed by atoms with Crippen molar-refractivity contribution in [2.24, 2.45) is 0 Å². The fourth-order valence-electron chi connectivity index (χ4n) is 0.958. The third-order valence-electron chi connectivity index (χ3n) is 1.67. The second-order valence-electron chi connectivity index (χ2n) is 3.17. The molecule has 0 unspecified atom stereocenters. The first-order chi connectivity index (χ1) is 8.56. The van der Waals surface area contributed by atoms with Crippen molar-refractivity contribution in [2.75, 3.05) is 0 Å². The minimum atomic E-state index is -3.04. The molecule has 0 aliphatic carbocycles. The molecule has 0 radical (unpaired) electrons. The number of ether oxygens (including phenoxy) is 2. The summed E-state index contributed by atoms with van der Waals surface area (Å²) < 4.78 is 7.09. The van der Waals surface area contributed by atoms with Gasteiger partial charge in [-0.3, -0.25) is 9.59 Å². The molecule has 0 aromatic rings. The third-order valence-corrected chi connectivity index (χ3v) is 1.67. The summed E-state index contributed by atoms with van der Waals surface area (Å²) >= 11 is 0. The fourth-order valence-corrected chi connectivity index (χ4v) is 0.958. The molecule has 13 heteroatoms. The van der Waals surface area contributed by atoms with Crippen molar-refractivity contribution in [3.63, 3.8) is 0 Å². The summed E-state index contributed by atoms with van der Waals surface area (Å²) in [4.78, 5) is 52.5. The smallest absolute Gasteiger partial charge is 1.00 e. The van der Waals surface area contributed by atoms with Gasteiger partial charge in [0.25, 0.3) is 0 Å². The monoisotopic (exact) mass is 328 g/mol. The first kappa shape index (κ1) is 25.3. The zero-order chi connectivity index (χ0) is 15.2. The van der Waals surface area contributed by atoms with Crippen LogP contribution in [0.1, 0.15) is 15.7 Å². The summed E-state index contributed by atoms with van der Waals surface area (Å²) in [6, 6.07) is 0. The summed E-state index contributed by atoms with van der Waals surface area (Å²) in [5.74, 6) is -5.33. The van der Waals surface area contributed by atoms with Gasteiger partial charge < -0.3 is 32.8 Å². The van der Waals surface area contributed by atoms with Crippen LogP contribution in [0, 0.1) is 0 Å². The topological polar surface area (TPSA) is 185 Å². The van der Waals surface area contributed by atoms with E-state index >= 15 is 0 Å². The Bertz CT molecular complexity index is 412. The maximum Gasteiger partial charge on any atom is 1.00 e. The average molecular weight is 328 g/mol. The molecule has 110 valence electrons. The molecular formula is C8H10Na2O11. The normalized spacial score (nSPS) is 9.38.